The fourth-order valence-corrected chi connectivity index (χ4v) is 1.56. The van der Waals surface area contributed by atoms with Crippen molar-refractivity contribution in [3.8, 4) is 17.2 Å². The van der Waals surface area contributed by atoms with Gasteiger partial charge in [0.1, 0.15) is 5.75 Å². The smallest absolute Gasteiger partial charge is 0.231 e. The monoisotopic (exact) mass is 210 g/mol. The summed E-state index contributed by atoms with van der Waals surface area (Å²) in [5.41, 5.74) is 0.166. The molecule has 0 atom stereocenters. The molecule has 0 saturated carbocycles. The minimum Gasteiger partial charge on any atom is -0.508 e. The molecule has 0 amide bonds. The van der Waals surface area contributed by atoms with Gasteiger partial charge in [0.2, 0.25) is 6.79 Å². The highest BCUT2D eigenvalue weighted by Gasteiger charge is 2.27. The highest BCUT2D eigenvalue weighted by Crippen LogP contribution is 2.41. The van der Waals surface area contributed by atoms with E-state index in [0.29, 0.717) is 17.1 Å². The number of aliphatic hydroxyl groups excluding tert-OH is 1. The van der Waals surface area contributed by atoms with E-state index in [4.69, 9.17) is 9.47 Å². The Morgan fingerprint density at radius 2 is 1.87 bits per heavy atom. The second kappa shape index (κ2) is 3.31. The Kier molecular flexibility index (Phi) is 2.23. The van der Waals surface area contributed by atoms with Gasteiger partial charge in [-0.15, -0.1) is 0 Å². The third kappa shape index (κ3) is 1.61. The van der Waals surface area contributed by atoms with Crippen molar-refractivity contribution in [3.05, 3.63) is 17.7 Å². The van der Waals surface area contributed by atoms with Crippen LogP contribution < -0.4 is 9.47 Å². The summed E-state index contributed by atoms with van der Waals surface area (Å²) >= 11 is 0. The minimum absolute atomic E-state index is 0.0415. The van der Waals surface area contributed by atoms with Crippen LogP contribution in [0.15, 0.2) is 12.1 Å². The summed E-state index contributed by atoms with van der Waals surface area (Å²) in [4.78, 5) is 0. The van der Waals surface area contributed by atoms with Crippen LogP contribution in [0.4, 0.5) is 0 Å². The number of hydrogen-bond donors (Lipinski definition) is 2. The van der Waals surface area contributed by atoms with E-state index in [1.807, 2.05) is 13.8 Å². The van der Waals surface area contributed by atoms with E-state index in [1.165, 1.54) is 6.07 Å². The second-order valence-electron chi connectivity index (χ2n) is 4.26. The van der Waals surface area contributed by atoms with Crippen LogP contribution in [0.25, 0.3) is 0 Å². The molecule has 0 aromatic heterocycles. The van der Waals surface area contributed by atoms with E-state index in [-0.39, 0.29) is 19.1 Å². The molecule has 15 heavy (non-hydrogen) atoms. The third-order valence-electron chi connectivity index (χ3n) is 2.62. The lowest BCUT2D eigenvalue weighted by atomic mass is 9.85. The van der Waals surface area contributed by atoms with Crippen LogP contribution in [-0.4, -0.2) is 23.6 Å². The highest BCUT2D eigenvalue weighted by atomic mass is 16.7. The summed E-state index contributed by atoms with van der Waals surface area (Å²) in [6.45, 7) is 3.84. The maximum Gasteiger partial charge on any atom is 0.231 e. The van der Waals surface area contributed by atoms with Crippen LogP contribution in [0.2, 0.25) is 0 Å². The Balaban J connectivity index is 2.49. The highest BCUT2D eigenvalue weighted by molar-refractivity contribution is 5.53. The van der Waals surface area contributed by atoms with Crippen molar-refractivity contribution in [2.24, 2.45) is 0 Å². The van der Waals surface area contributed by atoms with Gasteiger partial charge in [0.05, 0.1) is 6.61 Å². The Morgan fingerprint density at radius 3 is 2.47 bits per heavy atom. The topological polar surface area (TPSA) is 58.9 Å². The first-order valence-corrected chi connectivity index (χ1v) is 4.78. The van der Waals surface area contributed by atoms with Crippen molar-refractivity contribution in [1.29, 1.82) is 0 Å². The lowest BCUT2D eigenvalue weighted by molar-refractivity contribution is 0.173. The molecule has 82 valence electrons. The van der Waals surface area contributed by atoms with E-state index >= 15 is 0 Å². The summed E-state index contributed by atoms with van der Waals surface area (Å²) in [7, 11) is 0. The van der Waals surface area contributed by atoms with Crippen LogP contribution in [0.3, 0.4) is 0 Å². The standard InChI is InChI=1S/C11H14O4/c1-11(2,5-12)7-3-9-10(4-8(7)13)15-6-14-9/h3-4,12-13H,5-6H2,1-2H3. The van der Waals surface area contributed by atoms with Gasteiger partial charge in [-0.05, 0) is 6.07 Å². The van der Waals surface area contributed by atoms with E-state index in [2.05, 4.69) is 0 Å². The van der Waals surface area contributed by atoms with Gasteiger partial charge in [-0.3, -0.25) is 0 Å². The van der Waals surface area contributed by atoms with Crippen molar-refractivity contribution in [1.82, 2.24) is 0 Å². The van der Waals surface area contributed by atoms with E-state index in [1.54, 1.807) is 6.07 Å². The Bertz CT molecular complexity index is 384. The quantitative estimate of drug-likeness (QED) is 0.774. The fourth-order valence-electron chi connectivity index (χ4n) is 1.56. The molecule has 1 aliphatic heterocycles. The van der Waals surface area contributed by atoms with Crippen LogP contribution >= 0.6 is 0 Å². The van der Waals surface area contributed by atoms with Gasteiger partial charge in [0, 0.05) is 17.0 Å². The van der Waals surface area contributed by atoms with Gasteiger partial charge in [-0.1, -0.05) is 13.8 Å². The maximum absolute atomic E-state index is 9.79. The van der Waals surface area contributed by atoms with E-state index in [0.717, 1.165) is 0 Å². The molecule has 4 nitrogen and oxygen atoms in total. The molecule has 1 heterocycles. The van der Waals surface area contributed by atoms with Crippen LogP contribution in [0.1, 0.15) is 19.4 Å². The summed E-state index contributed by atoms with van der Waals surface area (Å²) in [6.07, 6.45) is 0. The molecule has 0 spiro atoms. The van der Waals surface area contributed by atoms with Gasteiger partial charge in [0.15, 0.2) is 11.5 Å². The van der Waals surface area contributed by atoms with E-state index < -0.39 is 5.41 Å². The number of ether oxygens (including phenoxy) is 2. The molecule has 0 bridgehead atoms. The second-order valence-corrected chi connectivity index (χ2v) is 4.26. The van der Waals surface area contributed by atoms with Crippen molar-refractivity contribution in [2.75, 3.05) is 13.4 Å². The molecule has 0 fully saturated rings. The Hall–Kier alpha value is -1.42. The number of aromatic hydroxyl groups is 1. The van der Waals surface area contributed by atoms with Gasteiger partial charge >= 0.3 is 0 Å². The molecule has 0 radical (unpaired) electrons. The summed E-state index contributed by atoms with van der Waals surface area (Å²) in [5.74, 6) is 1.28. The molecule has 2 N–H and O–H groups in total. The molecule has 4 heteroatoms. The molecule has 0 unspecified atom stereocenters. The third-order valence-corrected chi connectivity index (χ3v) is 2.62. The average Bonchev–Trinajstić information content (AvgIpc) is 2.63. The van der Waals surface area contributed by atoms with Crippen molar-refractivity contribution < 1.29 is 19.7 Å². The predicted molar refractivity (Wildman–Crippen MR) is 54.3 cm³/mol. The molecule has 0 aliphatic carbocycles. The number of phenolic OH excluding ortho intramolecular Hbond substituents is 1. The SMILES string of the molecule is CC(C)(CO)c1cc2c(cc1O)OCO2. The zero-order valence-corrected chi connectivity index (χ0v) is 8.78. The number of fused-ring (bicyclic) bond motifs is 1. The number of phenols is 1. The zero-order valence-electron chi connectivity index (χ0n) is 8.78. The summed E-state index contributed by atoms with van der Waals surface area (Å²) in [6, 6.07) is 3.24. The largest absolute Gasteiger partial charge is 0.508 e. The average molecular weight is 210 g/mol. The number of benzene rings is 1. The summed E-state index contributed by atoms with van der Waals surface area (Å²) in [5, 5.41) is 19.0. The Morgan fingerprint density at radius 1 is 1.27 bits per heavy atom. The minimum atomic E-state index is -0.495. The lowest BCUT2D eigenvalue weighted by Crippen LogP contribution is -2.22. The predicted octanol–water partition coefficient (Wildman–Crippen LogP) is 1.39. The molecular formula is C11H14O4. The Labute approximate surface area is 88.1 Å². The normalized spacial score (nSPS) is 14.3. The first-order valence-electron chi connectivity index (χ1n) is 4.78. The molecule has 2 rings (SSSR count). The molecule has 1 aromatic rings. The molecular weight excluding hydrogens is 196 g/mol. The van der Waals surface area contributed by atoms with Gasteiger partial charge in [-0.25, -0.2) is 0 Å². The van der Waals surface area contributed by atoms with E-state index in [9.17, 15) is 10.2 Å². The zero-order chi connectivity index (χ0) is 11.1. The number of rotatable bonds is 2. The van der Waals surface area contributed by atoms with Crippen LogP contribution in [0, 0.1) is 0 Å². The molecule has 1 aliphatic rings. The first-order chi connectivity index (χ1) is 7.04. The van der Waals surface area contributed by atoms with Crippen LogP contribution in [-0.2, 0) is 5.41 Å². The van der Waals surface area contributed by atoms with Crippen LogP contribution in [0.5, 0.6) is 17.2 Å². The molecule has 1 aromatic carbocycles. The summed E-state index contributed by atoms with van der Waals surface area (Å²) < 4.78 is 10.4. The van der Waals surface area contributed by atoms with Crippen molar-refractivity contribution in [3.63, 3.8) is 0 Å². The van der Waals surface area contributed by atoms with Crippen molar-refractivity contribution in [2.45, 2.75) is 19.3 Å². The maximum atomic E-state index is 9.79. The number of aliphatic hydroxyl groups is 1. The first kappa shape index (κ1) is 10.1. The van der Waals surface area contributed by atoms with Gasteiger partial charge in [0.25, 0.3) is 0 Å². The van der Waals surface area contributed by atoms with Crippen molar-refractivity contribution >= 4 is 0 Å². The molecule has 0 saturated heterocycles. The van der Waals surface area contributed by atoms with Gasteiger partial charge < -0.3 is 19.7 Å². The fraction of sp³-hybridized carbons (Fsp3) is 0.455. The lowest BCUT2D eigenvalue weighted by Gasteiger charge is -2.23. The number of hydrogen-bond acceptors (Lipinski definition) is 4. The van der Waals surface area contributed by atoms with Gasteiger partial charge in [-0.2, -0.15) is 0 Å².